The summed E-state index contributed by atoms with van der Waals surface area (Å²) in [5.41, 5.74) is 1.23. The lowest BCUT2D eigenvalue weighted by molar-refractivity contribution is 0.0715. The average molecular weight is 258 g/mol. The number of hydrogen-bond donors (Lipinski definition) is 0. The van der Waals surface area contributed by atoms with Gasteiger partial charge < -0.3 is 4.90 Å². The summed E-state index contributed by atoms with van der Waals surface area (Å²) in [6.45, 7) is 9.96. The molecule has 0 heterocycles. The van der Waals surface area contributed by atoms with E-state index in [1.807, 2.05) is 4.90 Å². The fraction of sp³-hybridized carbons (Fsp3) is 0.500. The number of amides is 1. The molecule has 0 radical (unpaired) electrons. The Balaban J connectivity index is 2.88. The first kappa shape index (κ1) is 15.2. The highest BCUT2D eigenvalue weighted by atomic mass is 16.2. The van der Waals surface area contributed by atoms with Crippen LogP contribution in [0.4, 0.5) is 0 Å². The van der Waals surface area contributed by atoms with Crippen LogP contribution in [0.5, 0.6) is 0 Å². The number of nitrogens with zero attached hydrogens (tertiary/aromatic N) is 2. The molecule has 0 aliphatic heterocycles. The van der Waals surface area contributed by atoms with Crippen molar-refractivity contribution in [1.82, 2.24) is 4.90 Å². The zero-order valence-corrected chi connectivity index (χ0v) is 12.2. The van der Waals surface area contributed by atoms with Crippen LogP contribution in [0.3, 0.4) is 0 Å². The number of hydrogen-bond acceptors (Lipinski definition) is 2. The fourth-order valence-corrected chi connectivity index (χ4v) is 1.99. The van der Waals surface area contributed by atoms with Crippen LogP contribution in [0.25, 0.3) is 0 Å². The van der Waals surface area contributed by atoms with E-state index in [0.717, 1.165) is 13.1 Å². The van der Waals surface area contributed by atoms with Crippen molar-refractivity contribution in [3.63, 3.8) is 0 Å². The standard InChI is InChI=1S/C16H22N2O/c1-12(2)10-18(11-13(3)4)16(19)15-7-5-14(9-17)6-8-15/h5-8,12-13H,10-11H2,1-4H3. The first-order chi connectivity index (χ1) is 8.93. The van der Waals surface area contributed by atoms with Gasteiger partial charge in [0.15, 0.2) is 0 Å². The highest BCUT2D eigenvalue weighted by molar-refractivity contribution is 5.94. The van der Waals surface area contributed by atoms with Crippen LogP contribution in [0.1, 0.15) is 43.6 Å². The SMILES string of the molecule is CC(C)CN(CC(C)C)C(=O)c1ccc(C#N)cc1. The number of carbonyl (C=O) groups is 1. The maximum atomic E-state index is 12.5. The van der Waals surface area contributed by atoms with Crippen LogP contribution in [0.15, 0.2) is 24.3 Å². The molecule has 3 heteroatoms. The highest BCUT2D eigenvalue weighted by Crippen LogP contribution is 2.11. The zero-order chi connectivity index (χ0) is 14.4. The minimum absolute atomic E-state index is 0.0480. The number of rotatable bonds is 5. The molecule has 0 bridgehead atoms. The molecule has 0 fully saturated rings. The van der Waals surface area contributed by atoms with Gasteiger partial charge in [-0.1, -0.05) is 27.7 Å². The van der Waals surface area contributed by atoms with E-state index in [1.54, 1.807) is 24.3 Å². The van der Waals surface area contributed by atoms with E-state index in [0.29, 0.717) is 23.0 Å². The van der Waals surface area contributed by atoms with Gasteiger partial charge in [-0.2, -0.15) is 5.26 Å². The zero-order valence-electron chi connectivity index (χ0n) is 12.2. The monoisotopic (exact) mass is 258 g/mol. The lowest BCUT2D eigenvalue weighted by Crippen LogP contribution is -2.37. The summed E-state index contributed by atoms with van der Waals surface area (Å²) >= 11 is 0. The van der Waals surface area contributed by atoms with Crippen LogP contribution in [0.2, 0.25) is 0 Å². The Bertz CT molecular complexity index is 445. The Morgan fingerprint density at radius 2 is 1.58 bits per heavy atom. The average Bonchev–Trinajstić information content (AvgIpc) is 2.36. The van der Waals surface area contributed by atoms with Crippen molar-refractivity contribution in [3.8, 4) is 6.07 Å². The molecular weight excluding hydrogens is 236 g/mol. The highest BCUT2D eigenvalue weighted by Gasteiger charge is 2.17. The number of nitriles is 1. The molecule has 0 spiro atoms. The molecule has 0 aliphatic rings. The molecule has 0 unspecified atom stereocenters. The molecule has 0 N–H and O–H groups in total. The van der Waals surface area contributed by atoms with Crippen molar-refractivity contribution >= 4 is 5.91 Å². The Kier molecular flexibility index (Phi) is 5.57. The van der Waals surface area contributed by atoms with Crippen molar-refractivity contribution in [2.45, 2.75) is 27.7 Å². The van der Waals surface area contributed by atoms with Gasteiger partial charge in [0.2, 0.25) is 0 Å². The molecule has 0 saturated heterocycles. The van der Waals surface area contributed by atoms with Gasteiger partial charge in [-0.15, -0.1) is 0 Å². The molecule has 1 aromatic carbocycles. The van der Waals surface area contributed by atoms with Crippen LogP contribution < -0.4 is 0 Å². The molecule has 1 rings (SSSR count). The van der Waals surface area contributed by atoms with Crippen LogP contribution >= 0.6 is 0 Å². The van der Waals surface area contributed by atoms with Gasteiger partial charge in [0, 0.05) is 18.7 Å². The van der Waals surface area contributed by atoms with Crippen molar-refractivity contribution in [1.29, 1.82) is 5.26 Å². The minimum Gasteiger partial charge on any atom is -0.338 e. The quantitative estimate of drug-likeness (QED) is 0.813. The van der Waals surface area contributed by atoms with E-state index >= 15 is 0 Å². The van der Waals surface area contributed by atoms with Gasteiger partial charge in [0.1, 0.15) is 0 Å². The van der Waals surface area contributed by atoms with Crippen LogP contribution in [0, 0.1) is 23.2 Å². The first-order valence-electron chi connectivity index (χ1n) is 6.73. The van der Waals surface area contributed by atoms with Crippen LogP contribution in [-0.4, -0.2) is 23.9 Å². The summed E-state index contributed by atoms with van der Waals surface area (Å²) in [6, 6.07) is 8.90. The van der Waals surface area contributed by atoms with Gasteiger partial charge in [0.25, 0.3) is 5.91 Å². The Hall–Kier alpha value is -1.82. The summed E-state index contributed by atoms with van der Waals surface area (Å²) in [7, 11) is 0. The lowest BCUT2D eigenvalue weighted by Gasteiger charge is -2.26. The molecule has 1 aromatic rings. The van der Waals surface area contributed by atoms with E-state index in [1.165, 1.54) is 0 Å². The third kappa shape index (κ3) is 4.75. The molecule has 3 nitrogen and oxygen atoms in total. The Morgan fingerprint density at radius 1 is 1.11 bits per heavy atom. The third-order valence-corrected chi connectivity index (χ3v) is 2.72. The predicted molar refractivity (Wildman–Crippen MR) is 76.7 cm³/mol. The lowest BCUT2D eigenvalue weighted by atomic mass is 10.1. The molecule has 0 saturated carbocycles. The second kappa shape index (κ2) is 6.94. The molecule has 102 valence electrons. The smallest absolute Gasteiger partial charge is 0.253 e. The van der Waals surface area contributed by atoms with Gasteiger partial charge in [-0.3, -0.25) is 4.79 Å². The van der Waals surface area contributed by atoms with Crippen molar-refractivity contribution in [2.75, 3.05) is 13.1 Å². The second-order valence-electron chi connectivity index (χ2n) is 5.69. The molecule has 0 aromatic heterocycles. The molecule has 19 heavy (non-hydrogen) atoms. The summed E-state index contributed by atoms with van der Waals surface area (Å²) in [5, 5.41) is 8.77. The van der Waals surface area contributed by atoms with Crippen molar-refractivity contribution in [3.05, 3.63) is 35.4 Å². The molecule has 0 atom stereocenters. The van der Waals surface area contributed by atoms with E-state index in [2.05, 4.69) is 33.8 Å². The maximum absolute atomic E-state index is 12.5. The Labute approximate surface area is 115 Å². The topological polar surface area (TPSA) is 44.1 Å². The normalized spacial score (nSPS) is 10.6. The largest absolute Gasteiger partial charge is 0.338 e. The second-order valence-corrected chi connectivity index (χ2v) is 5.69. The predicted octanol–water partition coefficient (Wildman–Crippen LogP) is 3.31. The van der Waals surface area contributed by atoms with E-state index in [4.69, 9.17) is 5.26 Å². The molecular formula is C16H22N2O. The summed E-state index contributed by atoms with van der Waals surface area (Å²) in [6.07, 6.45) is 0. The fourth-order valence-electron chi connectivity index (χ4n) is 1.99. The minimum atomic E-state index is 0.0480. The number of carbonyl (C=O) groups excluding carboxylic acids is 1. The third-order valence-electron chi connectivity index (χ3n) is 2.72. The van der Waals surface area contributed by atoms with Gasteiger partial charge in [-0.05, 0) is 36.1 Å². The number of benzene rings is 1. The van der Waals surface area contributed by atoms with E-state index < -0.39 is 0 Å². The molecule has 0 aliphatic carbocycles. The summed E-state index contributed by atoms with van der Waals surface area (Å²) in [4.78, 5) is 14.4. The van der Waals surface area contributed by atoms with Crippen molar-refractivity contribution < 1.29 is 4.79 Å². The molecule has 1 amide bonds. The van der Waals surface area contributed by atoms with Gasteiger partial charge >= 0.3 is 0 Å². The Morgan fingerprint density at radius 3 is 1.95 bits per heavy atom. The van der Waals surface area contributed by atoms with Crippen molar-refractivity contribution in [2.24, 2.45) is 11.8 Å². The summed E-state index contributed by atoms with van der Waals surface area (Å²) in [5.74, 6) is 0.939. The van der Waals surface area contributed by atoms with Gasteiger partial charge in [-0.25, -0.2) is 0 Å². The summed E-state index contributed by atoms with van der Waals surface area (Å²) < 4.78 is 0. The first-order valence-corrected chi connectivity index (χ1v) is 6.73. The van der Waals surface area contributed by atoms with Crippen LogP contribution in [-0.2, 0) is 0 Å². The van der Waals surface area contributed by atoms with E-state index in [9.17, 15) is 4.79 Å². The van der Waals surface area contributed by atoms with Gasteiger partial charge in [0.05, 0.1) is 11.6 Å². The van der Waals surface area contributed by atoms with E-state index in [-0.39, 0.29) is 5.91 Å². The maximum Gasteiger partial charge on any atom is 0.253 e.